The van der Waals surface area contributed by atoms with Gasteiger partial charge in [-0.3, -0.25) is 0 Å². The second-order valence-electron chi connectivity index (χ2n) is 4.29. The maximum Gasteiger partial charge on any atom is 0.160 e. The standard InChI is InChI=1S/C12H18IN3O/c1-4-8-9(13)11(14-2)16-12(15-8)10(17-3)7-5-6-7/h7,10H,4-6H2,1-3H3,(H,14,15,16). The van der Waals surface area contributed by atoms with Gasteiger partial charge in [0.25, 0.3) is 0 Å². The number of rotatable bonds is 5. The lowest BCUT2D eigenvalue weighted by Crippen LogP contribution is -2.13. The first-order chi connectivity index (χ1) is 8.21. The maximum atomic E-state index is 5.54. The van der Waals surface area contributed by atoms with Gasteiger partial charge < -0.3 is 10.1 Å². The van der Waals surface area contributed by atoms with Crippen molar-refractivity contribution in [2.45, 2.75) is 32.3 Å². The van der Waals surface area contributed by atoms with Crippen molar-refractivity contribution in [3.05, 3.63) is 15.1 Å². The van der Waals surface area contributed by atoms with E-state index in [0.717, 1.165) is 27.3 Å². The van der Waals surface area contributed by atoms with E-state index < -0.39 is 0 Å². The first-order valence-corrected chi connectivity index (χ1v) is 7.06. The molecule has 1 aliphatic carbocycles. The number of nitrogens with zero attached hydrogens (tertiary/aromatic N) is 2. The van der Waals surface area contributed by atoms with Crippen LogP contribution in [0.25, 0.3) is 0 Å². The second-order valence-corrected chi connectivity index (χ2v) is 5.37. The summed E-state index contributed by atoms with van der Waals surface area (Å²) in [6.07, 6.45) is 3.43. The molecule has 1 heterocycles. The highest BCUT2D eigenvalue weighted by atomic mass is 127. The lowest BCUT2D eigenvalue weighted by Gasteiger charge is -2.16. The van der Waals surface area contributed by atoms with E-state index in [0.29, 0.717) is 5.92 Å². The summed E-state index contributed by atoms with van der Waals surface area (Å²) < 4.78 is 6.66. The van der Waals surface area contributed by atoms with Crippen LogP contribution in [0.2, 0.25) is 0 Å². The topological polar surface area (TPSA) is 47.0 Å². The predicted octanol–water partition coefficient (Wildman–Crippen LogP) is 2.78. The van der Waals surface area contributed by atoms with Gasteiger partial charge in [-0.1, -0.05) is 6.92 Å². The molecule has 1 aromatic heterocycles. The molecule has 4 nitrogen and oxygen atoms in total. The molecule has 2 rings (SSSR count). The Bertz CT molecular complexity index is 382. The quantitative estimate of drug-likeness (QED) is 0.832. The summed E-state index contributed by atoms with van der Waals surface area (Å²) in [5.41, 5.74) is 1.10. The zero-order valence-electron chi connectivity index (χ0n) is 10.5. The van der Waals surface area contributed by atoms with Crippen molar-refractivity contribution in [1.82, 2.24) is 9.97 Å². The third kappa shape index (κ3) is 2.70. The summed E-state index contributed by atoms with van der Waals surface area (Å²) in [6, 6.07) is 0. The van der Waals surface area contributed by atoms with Crippen molar-refractivity contribution >= 4 is 28.4 Å². The number of hydrogen-bond acceptors (Lipinski definition) is 4. The molecule has 0 radical (unpaired) electrons. The van der Waals surface area contributed by atoms with E-state index in [1.165, 1.54) is 12.8 Å². The van der Waals surface area contributed by atoms with E-state index in [9.17, 15) is 0 Å². The Morgan fingerprint density at radius 2 is 2.18 bits per heavy atom. The molecule has 94 valence electrons. The van der Waals surface area contributed by atoms with Crippen LogP contribution in [0.4, 0.5) is 5.82 Å². The van der Waals surface area contributed by atoms with Gasteiger partial charge in [-0.05, 0) is 47.8 Å². The van der Waals surface area contributed by atoms with Crippen LogP contribution >= 0.6 is 22.6 Å². The summed E-state index contributed by atoms with van der Waals surface area (Å²) in [4.78, 5) is 9.23. The Morgan fingerprint density at radius 3 is 2.65 bits per heavy atom. The number of nitrogens with one attached hydrogen (secondary N) is 1. The van der Waals surface area contributed by atoms with Gasteiger partial charge in [-0.2, -0.15) is 0 Å². The van der Waals surface area contributed by atoms with E-state index >= 15 is 0 Å². The molecular weight excluding hydrogens is 329 g/mol. The number of aromatic nitrogens is 2. The molecule has 5 heteroatoms. The number of aryl methyl sites for hydroxylation is 1. The molecule has 1 fully saturated rings. The van der Waals surface area contributed by atoms with Gasteiger partial charge in [0.05, 0.1) is 9.26 Å². The van der Waals surface area contributed by atoms with Crippen molar-refractivity contribution in [3.8, 4) is 0 Å². The zero-order chi connectivity index (χ0) is 12.4. The molecule has 0 bridgehead atoms. The molecule has 1 unspecified atom stereocenters. The first kappa shape index (κ1) is 13.0. The number of anilines is 1. The molecule has 0 aliphatic heterocycles. The van der Waals surface area contributed by atoms with Gasteiger partial charge in [0.2, 0.25) is 0 Å². The Labute approximate surface area is 116 Å². The molecule has 1 aromatic rings. The van der Waals surface area contributed by atoms with Crippen LogP contribution in [0, 0.1) is 9.49 Å². The molecule has 1 saturated carbocycles. The highest BCUT2D eigenvalue weighted by Gasteiger charge is 2.35. The molecule has 0 spiro atoms. The van der Waals surface area contributed by atoms with E-state index in [1.54, 1.807) is 7.11 Å². The first-order valence-electron chi connectivity index (χ1n) is 5.98. The third-order valence-electron chi connectivity index (χ3n) is 3.07. The van der Waals surface area contributed by atoms with Crippen LogP contribution in [0.5, 0.6) is 0 Å². The Hall–Kier alpha value is -0.430. The van der Waals surface area contributed by atoms with Gasteiger partial charge in [0.1, 0.15) is 11.9 Å². The minimum absolute atomic E-state index is 0.0596. The summed E-state index contributed by atoms with van der Waals surface area (Å²) in [5.74, 6) is 2.35. The van der Waals surface area contributed by atoms with Crippen LogP contribution in [0.15, 0.2) is 0 Å². The monoisotopic (exact) mass is 347 g/mol. The summed E-state index contributed by atoms with van der Waals surface area (Å²) in [5, 5.41) is 3.13. The van der Waals surface area contributed by atoms with E-state index in [-0.39, 0.29) is 6.10 Å². The highest BCUT2D eigenvalue weighted by Crippen LogP contribution is 2.42. The third-order valence-corrected chi connectivity index (χ3v) is 4.20. The Morgan fingerprint density at radius 1 is 1.47 bits per heavy atom. The van der Waals surface area contributed by atoms with E-state index in [2.05, 4.69) is 44.8 Å². The normalized spacial score (nSPS) is 16.9. The van der Waals surface area contributed by atoms with Crippen molar-refractivity contribution in [1.29, 1.82) is 0 Å². The maximum absolute atomic E-state index is 5.54. The molecule has 1 N–H and O–H groups in total. The fourth-order valence-electron chi connectivity index (χ4n) is 1.95. The van der Waals surface area contributed by atoms with Gasteiger partial charge in [0.15, 0.2) is 5.82 Å². The summed E-state index contributed by atoms with van der Waals surface area (Å²) >= 11 is 2.30. The van der Waals surface area contributed by atoms with Crippen molar-refractivity contribution in [2.75, 3.05) is 19.5 Å². The Kier molecular flexibility index (Phi) is 4.19. The lowest BCUT2D eigenvalue weighted by atomic mass is 10.2. The van der Waals surface area contributed by atoms with Gasteiger partial charge in [-0.25, -0.2) is 9.97 Å². The van der Waals surface area contributed by atoms with Gasteiger partial charge in [-0.15, -0.1) is 0 Å². The van der Waals surface area contributed by atoms with Gasteiger partial charge >= 0.3 is 0 Å². The molecular formula is C12H18IN3O. The molecule has 0 amide bonds. The second kappa shape index (κ2) is 5.48. The van der Waals surface area contributed by atoms with Crippen molar-refractivity contribution < 1.29 is 4.74 Å². The van der Waals surface area contributed by atoms with Crippen LogP contribution in [0.1, 0.15) is 37.4 Å². The smallest absolute Gasteiger partial charge is 0.160 e. The molecule has 1 aliphatic rings. The average Bonchev–Trinajstić information content (AvgIpc) is 3.16. The number of halogens is 1. The zero-order valence-corrected chi connectivity index (χ0v) is 12.6. The van der Waals surface area contributed by atoms with E-state index in [4.69, 9.17) is 4.74 Å². The van der Waals surface area contributed by atoms with Crippen LogP contribution in [-0.4, -0.2) is 24.1 Å². The minimum atomic E-state index is 0.0596. The fourth-order valence-corrected chi connectivity index (χ4v) is 2.84. The van der Waals surface area contributed by atoms with Crippen molar-refractivity contribution in [2.24, 2.45) is 5.92 Å². The van der Waals surface area contributed by atoms with Crippen LogP contribution < -0.4 is 5.32 Å². The van der Waals surface area contributed by atoms with E-state index in [1.807, 2.05) is 7.05 Å². The number of ether oxygens (including phenoxy) is 1. The molecule has 0 saturated heterocycles. The fraction of sp³-hybridized carbons (Fsp3) is 0.667. The summed E-state index contributed by atoms with van der Waals surface area (Å²) in [7, 11) is 3.64. The molecule has 17 heavy (non-hydrogen) atoms. The number of hydrogen-bond donors (Lipinski definition) is 1. The largest absolute Gasteiger partial charge is 0.373 e. The van der Waals surface area contributed by atoms with Crippen LogP contribution in [0.3, 0.4) is 0 Å². The predicted molar refractivity (Wildman–Crippen MR) is 76.1 cm³/mol. The average molecular weight is 347 g/mol. The van der Waals surface area contributed by atoms with Crippen LogP contribution in [-0.2, 0) is 11.2 Å². The molecule has 0 aromatic carbocycles. The lowest BCUT2D eigenvalue weighted by molar-refractivity contribution is 0.0771. The number of methoxy groups -OCH3 is 1. The SMILES string of the molecule is CCc1nc(C(OC)C2CC2)nc(NC)c1I. The Balaban J connectivity index is 2.38. The van der Waals surface area contributed by atoms with Gasteiger partial charge in [0, 0.05) is 14.2 Å². The summed E-state index contributed by atoms with van der Waals surface area (Å²) in [6.45, 7) is 2.12. The highest BCUT2D eigenvalue weighted by molar-refractivity contribution is 14.1. The van der Waals surface area contributed by atoms with Crippen molar-refractivity contribution in [3.63, 3.8) is 0 Å². The molecule has 1 atom stereocenters. The minimum Gasteiger partial charge on any atom is -0.373 e.